The highest BCUT2D eigenvalue weighted by Gasteiger charge is 2.18. The summed E-state index contributed by atoms with van der Waals surface area (Å²) in [5.41, 5.74) is 10.5. The maximum Gasteiger partial charge on any atom is 0.126 e. The second-order valence-corrected chi connectivity index (χ2v) is 6.52. The molecule has 5 heteroatoms. The average Bonchev–Trinajstić information content (AvgIpc) is 2.93. The van der Waals surface area contributed by atoms with Crippen LogP contribution in [0.3, 0.4) is 0 Å². The van der Waals surface area contributed by atoms with Crippen LogP contribution in [-0.2, 0) is 6.54 Å². The number of rotatable bonds is 6. The van der Waals surface area contributed by atoms with Crippen LogP contribution in [-0.4, -0.2) is 26.2 Å². The number of pyridine rings is 1. The Hall–Kier alpha value is -2.24. The minimum atomic E-state index is -0.131. The van der Waals surface area contributed by atoms with Gasteiger partial charge in [-0.2, -0.15) is 0 Å². The zero-order valence-corrected chi connectivity index (χ0v) is 14.2. The monoisotopic (exact) mass is 324 g/mol. The van der Waals surface area contributed by atoms with Crippen molar-refractivity contribution in [2.45, 2.75) is 32.9 Å². The topological polar surface area (TPSA) is 77.0 Å². The van der Waals surface area contributed by atoms with E-state index in [4.69, 9.17) is 10.7 Å². The second kappa shape index (κ2) is 7.11. The first kappa shape index (κ1) is 16.6. The number of aliphatic hydroxyl groups excluding tert-OH is 1. The molecule has 1 aromatic carbocycles. The molecule has 0 aliphatic rings. The van der Waals surface area contributed by atoms with Crippen LogP contribution in [0.4, 0.5) is 0 Å². The van der Waals surface area contributed by atoms with E-state index in [0.717, 1.165) is 34.4 Å². The zero-order valence-electron chi connectivity index (χ0n) is 14.2. The summed E-state index contributed by atoms with van der Waals surface area (Å²) in [6, 6.07) is 10.0. The summed E-state index contributed by atoms with van der Waals surface area (Å²) in [6.07, 6.45) is 4.44. The quantitative estimate of drug-likeness (QED) is 0.730. The fraction of sp³-hybridized carbons (Fsp3) is 0.368. The van der Waals surface area contributed by atoms with Gasteiger partial charge in [0.1, 0.15) is 5.82 Å². The minimum Gasteiger partial charge on any atom is -0.395 e. The van der Waals surface area contributed by atoms with Gasteiger partial charge < -0.3 is 15.4 Å². The molecule has 1 atom stereocenters. The van der Waals surface area contributed by atoms with Crippen LogP contribution < -0.4 is 5.73 Å². The van der Waals surface area contributed by atoms with E-state index >= 15 is 0 Å². The Morgan fingerprint density at radius 2 is 1.88 bits per heavy atom. The summed E-state index contributed by atoms with van der Waals surface area (Å²) in [5, 5.41) is 9.47. The van der Waals surface area contributed by atoms with Gasteiger partial charge >= 0.3 is 0 Å². The third-order valence-corrected chi connectivity index (χ3v) is 4.17. The molecule has 5 nitrogen and oxygen atoms in total. The van der Waals surface area contributed by atoms with Crippen LogP contribution in [0, 0.1) is 5.92 Å². The summed E-state index contributed by atoms with van der Waals surface area (Å²) in [5.74, 6) is 1.34. The Bertz CT molecular complexity index is 811. The zero-order chi connectivity index (χ0) is 17.1. The maximum atomic E-state index is 9.47. The molecule has 3 N–H and O–H groups in total. The van der Waals surface area contributed by atoms with Crippen LogP contribution in [0.5, 0.6) is 0 Å². The third kappa shape index (κ3) is 3.32. The Labute approximate surface area is 142 Å². The molecule has 0 radical (unpaired) electrons. The van der Waals surface area contributed by atoms with Gasteiger partial charge in [0.05, 0.1) is 23.7 Å². The number of hydrogen-bond acceptors (Lipinski definition) is 4. The van der Waals surface area contributed by atoms with Gasteiger partial charge in [0.25, 0.3) is 0 Å². The predicted molar refractivity (Wildman–Crippen MR) is 96.4 cm³/mol. The molecule has 0 spiro atoms. The van der Waals surface area contributed by atoms with E-state index in [9.17, 15) is 5.11 Å². The molecular weight excluding hydrogens is 300 g/mol. The molecule has 0 saturated carbocycles. The minimum absolute atomic E-state index is 0.0618. The van der Waals surface area contributed by atoms with E-state index in [2.05, 4.69) is 31.0 Å². The van der Waals surface area contributed by atoms with Crippen LogP contribution in [0.1, 0.15) is 32.1 Å². The molecule has 2 heterocycles. The summed E-state index contributed by atoms with van der Waals surface area (Å²) in [6.45, 7) is 4.87. The lowest BCUT2D eigenvalue weighted by atomic mass is 10.0. The van der Waals surface area contributed by atoms with Crippen molar-refractivity contribution in [1.29, 1.82) is 0 Å². The largest absolute Gasteiger partial charge is 0.395 e. The highest BCUT2D eigenvalue weighted by molar-refractivity contribution is 5.82. The number of nitrogens with two attached hydrogens (primary N) is 1. The molecule has 0 bridgehead atoms. The van der Waals surface area contributed by atoms with E-state index < -0.39 is 0 Å². The van der Waals surface area contributed by atoms with Gasteiger partial charge in [-0.05, 0) is 47.7 Å². The number of aromatic nitrogens is 3. The lowest BCUT2D eigenvalue weighted by molar-refractivity contribution is 0.274. The molecule has 24 heavy (non-hydrogen) atoms. The number of imidazole rings is 1. The lowest BCUT2D eigenvalue weighted by Crippen LogP contribution is -2.19. The van der Waals surface area contributed by atoms with E-state index in [-0.39, 0.29) is 12.6 Å². The van der Waals surface area contributed by atoms with Gasteiger partial charge in [-0.25, -0.2) is 4.98 Å². The van der Waals surface area contributed by atoms with Crippen molar-refractivity contribution in [3.05, 3.63) is 48.5 Å². The van der Waals surface area contributed by atoms with Crippen molar-refractivity contribution in [3.8, 4) is 11.1 Å². The molecular formula is C19H24N4O. The lowest BCUT2D eigenvalue weighted by Gasteiger charge is -2.16. The summed E-state index contributed by atoms with van der Waals surface area (Å²) >= 11 is 0. The van der Waals surface area contributed by atoms with Gasteiger partial charge in [-0.15, -0.1) is 0 Å². The summed E-state index contributed by atoms with van der Waals surface area (Å²) in [7, 11) is 0. The smallest absolute Gasteiger partial charge is 0.126 e. The van der Waals surface area contributed by atoms with Crippen molar-refractivity contribution >= 4 is 11.0 Å². The van der Waals surface area contributed by atoms with Crippen molar-refractivity contribution < 1.29 is 5.11 Å². The fourth-order valence-corrected chi connectivity index (χ4v) is 3.10. The molecule has 3 aromatic rings. The van der Waals surface area contributed by atoms with Crippen molar-refractivity contribution in [3.63, 3.8) is 0 Å². The van der Waals surface area contributed by atoms with E-state index in [0.29, 0.717) is 12.5 Å². The van der Waals surface area contributed by atoms with Crippen molar-refractivity contribution in [2.24, 2.45) is 11.7 Å². The Kier molecular flexibility index (Phi) is 4.92. The second-order valence-electron chi connectivity index (χ2n) is 6.52. The number of benzene rings is 1. The van der Waals surface area contributed by atoms with Gasteiger partial charge in [-0.3, -0.25) is 4.98 Å². The van der Waals surface area contributed by atoms with Gasteiger partial charge in [0, 0.05) is 18.9 Å². The van der Waals surface area contributed by atoms with E-state index in [1.54, 1.807) is 12.4 Å². The predicted octanol–water partition coefficient (Wildman–Crippen LogP) is 3.14. The Morgan fingerprint density at radius 3 is 2.54 bits per heavy atom. The normalized spacial score (nSPS) is 12.9. The first-order chi connectivity index (χ1) is 11.6. The molecule has 2 aromatic heterocycles. The van der Waals surface area contributed by atoms with Crippen LogP contribution >= 0.6 is 0 Å². The molecule has 0 fully saturated rings. The van der Waals surface area contributed by atoms with Gasteiger partial charge in [0.15, 0.2) is 0 Å². The van der Waals surface area contributed by atoms with Gasteiger partial charge in [0.2, 0.25) is 0 Å². The average molecular weight is 324 g/mol. The molecule has 0 aliphatic carbocycles. The maximum absolute atomic E-state index is 9.47. The number of hydrogen-bond donors (Lipinski definition) is 2. The number of aliphatic hydroxyl groups is 1. The summed E-state index contributed by atoms with van der Waals surface area (Å²) < 4.78 is 2.05. The third-order valence-electron chi connectivity index (χ3n) is 4.17. The highest BCUT2D eigenvalue weighted by atomic mass is 16.3. The van der Waals surface area contributed by atoms with Crippen LogP contribution in [0.25, 0.3) is 22.2 Å². The molecule has 126 valence electrons. The molecule has 0 aliphatic heterocycles. The number of nitrogens with zero attached hydrogens (tertiary/aromatic N) is 3. The fourth-order valence-electron chi connectivity index (χ4n) is 3.10. The summed E-state index contributed by atoms with van der Waals surface area (Å²) in [4.78, 5) is 8.80. The molecule has 0 amide bonds. The van der Waals surface area contributed by atoms with E-state index in [1.807, 2.05) is 22.8 Å². The van der Waals surface area contributed by atoms with Crippen molar-refractivity contribution in [2.75, 3.05) is 6.61 Å². The first-order valence-electron chi connectivity index (χ1n) is 8.37. The van der Waals surface area contributed by atoms with Crippen LogP contribution in [0.15, 0.2) is 42.7 Å². The standard InChI is InChI=1S/C19H24N4O/c1-13(2)11-16(20)19-22-17-4-3-15(14-5-7-21-8-6-14)12-18(17)23(19)9-10-24/h3-8,12-13,16,24H,9-11,20H2,1-2H3/t16-/m1/s1. The van der Waals surface area contributed by atoms with Gasteiger partial charge in [-0.1, -0.05) is 19.9 Å². The molecule has 0 saturated heterocycles. The molecule has 0 unspecified atom stereocenters. The number of fused-ring (bicyclic) bond motifs is 1. The Balaban J connectivity index is 2.09. The molecule has 3 rings (SSSR count). The van der Waals surface area contributed by atoms with Crippen LogP contribution in [0.2, 0.25) is 0 Å². The SMILES string of the molecule is CC(C)C[C@@H](N)c1nc2ccc(-c3ccncc3)cc2n1CCO. The van der Waals surface area contributed by atoms with E-state index in [1.165, 1.54) is 0 Å². The van der Waals surface area contributed by atoms with Crippen molar-refractivity contribution in [1.82, 2.24) is 14.5 Å². The Morgan fingerprint density at radius 1 is 1.12 bits per heavy atom. The highest BCUT2D eigenvalue weighted by Crippen LogP contribution is 2.28. The first-order valence-corrected chi connectivity index (χ1v) is 8.37.